The third-order valence-electron chi connectivity index (χ3n) is 8.53. The van der Waals surface area contributed by atoms with Crippen molar-refractivity contribution in [3.63, 3.8) is 0 Å². The number of para-hydroxylation sites is 3. The van der Waals surface area contributed by atoms with E-state index < -0.39 is 0 Å². The van der Waals surface area contributed by atoms with Gasteiger partial charge < -0.3 is 29.4 Å². The van der Waals surface area contributed by atoms with Gasteiger partial charge >= 0.3 is 0 Å². The molecule has 3 aliphatic heterocycles. The molecule has 0 bridgehead atoms. The molecule has 0 aliphatic carbocycles. The largest absolute Gasteiger partial charge is 0.500 e. The molecule has 0 spiro atoms. The fourth-order valence-electron chi connectivity index (χ4n) is 6.18. The van der Waals surface area contributed by atoms with Crippen LogP contribution in [-0.4, -0.2) is 40.1 Å². The van der Waals surface area contributed by atoms with Crippen LogP contribution in [0.1, 0.15) is 12.8 Å². The number of hydrogen-bond donors (Lipinski definition) is 0. The van der Waals surface area contributed by atoms with Crippen LogP contribution in [0.3, 0.4) is 0 Å². The van der Waals surface area contributed by atoms with Crippen LogP contribution in [-0.2, 0) is 20.1 Å². The van der Waals surface area contributed by atoms with Gasteiger partial charge in [0, 0.05) is 56.3 Å². The molecule has 10 nitrogen and oxygen atoms in total. The zero-order chi connectivity index (χ0) is 33.7. The molecule has 3 aromatic carbocycles. The molecule has 3 aliphatic rings. The number of fused-ring (bicyclic) bond motifs is 3. The van der Waals surface area contributed by atoms with E-state index in [1.165, 1.54) is 0 Å². The molecule has 0 saturated carbocycles. The van der Waals surface area contributed by atoms with Crippen molar-refractivity contribution < 1.29 is 20.1 Å². The summed E-state index contributed by atoms with van der Waals surface area (Å²) >= 11 is 0. The molecule has 6 heterocycles. The summed E-state index contributed by atoms with van der Waals surface area (Å²) in [5.74, 6) is 3.60. The molecule has 0 N–H and O–H groups in total. The Labute approximate surface area is 313 Å². The van der Waals surface area contributed by atoms with Gasteiger partial charge in [0.05, 0.1) is 0 Å². The Morgan fingerprint density at radius 3 is 1.37 bits per heavy atom. The van der Waals surface area contributed by atoms with E-state index in [-0.39, 0.29) is 20.1 Å². The van der Waals surface area contributed by atoms with Crippen LogP contribution in [0, 0.1) is 38.2 Å². The molecule has 1 radical (unpaired) electrons. The number of benzene rings is 3. The van der Waals surface area contributed by atoms with Crippen molar-refractivity contribution in [3.05, 3.63) is 160 Å². The molecule has 9 rings (SSSR count). The molecule has 51 heavy (non-hydrogen) atoms. The van der Waals surface area contributed by atoms with Crippen LogP contribution >= 0.6 is 0 Å². The Hall–Kier alpha value is -5.51. The van der Waals surface area contributed by atoms with Gasteiger partial charge in [-0.2, -0.15) is 104 Å². The average molecular weight is 847 g/mol. The first-order chi connectivity index (χ1) is 24.7. The molecule has 0 fully saturated rings. The van der Waals surface area contributed by atoms with E-state index in [2.05, 4.69) is 95.3 Å². The Bertz CT molecular complexity index is 1920. The first kappa shape index (κ1) is 34.0. The van der Waals surface area contributed by atoms with Crippen molar-refractivity contribution >= 4 is 51.7 Å². The van der Waals surface area contributed by atoms with E-state index in [1.54, 1.807) is 12.4 Å². The predicted molar refractivity (Wildman–Crippen MR) is 198 cm³/mol. The zero-order valence-electron chi connectivity index (χ0n) is 27.9. The first-order valence-electron chi connectivity index (χ1n) is 16.5. The van der Waals surface area contributed by atoms with Gasteiger partial charge in [0.15, 0.2) is 0 Å². The Balaban J connectivity index is 0.000000200. The smallest absolute Gasteiger partial charge is 0.143 e. The van der Waals surface area contributed by atoms with Crippen molar-refractivity contribution in [2.45, 2.75) is 12.8 Å². The van der Waals surface area contributed by atoms with Crippen LogP contribution in [0.25, 0.3) is 0 Å². The number of nitrogens with zero attached hydrogens (tertiary/aromatic N) is 10. The number of hydrogen-bond acceptors (Lipinski definition) is 10. The topological polar surface area (TPSA) is 71.0 Å². The summed E-state index contributed by atoms with van der Waals surface area (Å²) in [4.78, 5) is 30.6. The Morgan fingerprint density at radius 1 is 0.490 bits per heavy atom. The summed E-state index contributed by atoms with van der Waals surface area (Å²) in [6, 6.07) is 41.9. The van der Waals surface area contributed by atoms with Gasteiger partial charge in [0.1, 0.15) is 23.3 Å². The van der Waals surface area contributed by atoms with Gasteiger partial charge in [0.2, 0.25) is 0 Å². The van der Waals surface area contributed by atoms with E-state index in [0.717, 1.165) is 77.6 Å². The normalized spacial score (nSPS) is 14.1. The summed E-state index contributed by atoms with van der Waals surface area (Å²) in [5, 5.41) is 0. The third kappa shape index (κ3) is 7.08. The second-order valence-electron chi connectivity index (χ2n) is 11.8. The minimum atomic E-state index is 0. The molecule has 11 heteroatoms. The molecular formula is C40H34IrN10-6. The summed E-state index contributed by atoms with van der Waals surface area (Å²) in [5.41, 5.74) is 5.23. The third-order valence-corrected chi connectivity index (χ3v) is 8.53. The average Bonchev–Trinajstić information content (AvgIpc) is 3.86. The molecular weight excluding hydrogens is 813 g/mol. The van der Waals surface area contributed by atoms with Crippen LogP contribution in [0.5, 0.6) is 0 Å². The van der Waals surface area contributed by atoms with Crippen molar-refractivity contribution in [3.8, 4) is 0 Å². The SMILES string of the molecule is CN1[CH-]N(c2[c-]cccc2)c2nccnc21.[Ir].[c-]1ccccc1N1[CH-]N(CCCCN2[CH-]N(c3[c-]cccc3)c3ncccc32)c2cccnc21. The molecule has 0 amide bonds. The second-order valence-corrected chi connectivity index (χ2v) is 11.8. The monoisotopic (exact) mass is 847 g/mol. The van der Waals surface area contributed by atoms with Gasteiger partial charge in [-0.15, -0.1) is 23.7 Å². The van der Waals surface area contributed by atoms with E-state index in [4.69, 9.17) is 0 Å². The van der Waals surface area contributed by atoms with E-state index in [0.29, 0.717) is 0 Å². The van der Waals surface area contributed by atoms with Gasteiger partial charge in [-0.3, -0.25) is 0 Å². The number of anilines is 9. The summed E-state index contributed by atoms with van der Waals surface area (Å²) in [6.45, 7) is 8.07. The zero-order valence-corrected chi connectivity index (χ0v) is 30.3. The fraction of sp³-hybridized carbons (Fsp3) is 0.125. The molecule has 0 atom stereocenters. The number of rotatable bonds is 8. The van der Waals surface area contributed by atoms with Crippen molar-refractivity contribution in [2.24, 2.45) is 0 Å². The van der Waals surface area contributed by atoms with Crippen LogP contribution in [0.2, 0.25) is 0 Å². The van der Waals surface area contributed by atoms with Gasteiger partial charge in [0.25, 0.3) is 0 Å². The standard InChI is InChI=1S/C28H24N6.C12H10N4.Ir/c1-3-11-23(12-4-1)33-21-31(25-15-9-17-29-27(25)33)19-7-8-20-32-22-34(24-13-5-2-6-14-24)28-26(32)16-10-18-30-28;1-15-9-16(10-5-3-2-4-6-10)12-11(15)13-7-8-14-12;/h1-6,9-11,13,15-18,21-22H,7-8,19-20H2;2-5,7-9H,1H3;/q-4;-2;. The van der Waals surface area contributed by atoms with Crippen LogP contribution < -0.4 is 29.4 Å². The van der Waals surface area contributed by atoms with Gasteiger partial charge in [-0.1, -0.05) is 0 Å². The maximum absolute atomic E-state index is 4.63. The number of pyridine rings is 2. The Kier molecular flexibility index (Phi) is 10.4. The minimum Gasteiger partial charge on any atom is -0.500 e. The molecule has 3 aromatic heterocycles. The summed E-state index contributed by atoms with van der Waals surface area (Å²) < 4.78 is 0. The van der Waals surface area contributed by atoms with E-state index in [1.807, 2.05) is 109 Å². The molecule has 259 valence electrons. The maximum atomic E-state index is 4.63. The summed E-state index contributed by atoms with van der Waals surface area (Å²) in [6.07, 6.45) is 9.18. The van der Waals surface area contributed by atoms with E-state index in [9.17, 15) is 0 Å². The minimum absolute atomic E-state index is 0. The number of aromatic nitrogens is 4. The maximum Gasteiger partial charge on any atom is 0.143 e. The van der Waals surface area contributed by atoms with Crippen molar-refractivity contribution in [2.75, 3.05) is 49.5 Å². The van der Waals surface area contributed by atoms with Gasteiger partial charge in [-0.05, 0) is 57.2 Å². The van der Waals surface area contributed by atoms with Crippen LogP contribution in [0.4, 0.5) is 51.7 Å². The fourth-order valence-corrected chi connectivity index (χ4v) is 6.18. The quantitative estimate of drug-likeness (QED) is 0.113. The Morgan fingerprint density at radius 2 is 0.922 bits per heavy atom. The van der Waals surface area contributed by atoms with Gasteiger partial charge in [-0.25, -0.2) is 19.9 Å². The molecule has 0 unspecified atom stereocenters. The van der Waals surface area contributed by atoms with Crippen molar-refractivity contribution in [1.29, 1.82) is 0 Å². The first-order valence-corrected chi connectivity index (χ1v) is 16.5. The van der Waals surface area contributed by atoms with E-state index >= 15 is 0 Å². The summed E-state index contributed by atoms with van der Waals surface area (Å²) in [7, 11) is 1.95. The second kappa shape index (κ2) is 15.6. The van der Waals surface area contributed by atoms with Crippen LogP contribution in [0.15, 0.2) is 122 Å². The predicted octanol–water partition coefficient (Wildman–Crippen LogP) is 7.69. The number of unbranched alkanes of at least 4 members (excludes halogenated alkanes) is 1. The molecule has 6 aromatic rings. The van der Waals surface area contributed by atoms with Crippen molar-refractivity contribution in [1.82, 2.24) is 19.9 Å². The molecule has 0 saturated heterocycles.